The first kappa shape index (κ1) is 26.6. The molecule has 0 aliphatic carbocycles. The summed E-state index contributed by atoms with van der Waals surface area (Å²) in [5.74, 6) is -1.52. The summed E-state index contributed by atoms with van der Waals surface area (Å²) in [5.41, 5.74) is 17.0. The molecule has 0 aliphatic rings. The molecule has 0 saturated carbocycles. The third-order valence-electron chi connectivity index (χ3n) is 5.53. The summed E-state index contributed by atoms with van der Waals surface area (Å²) in [4.78, 5) is 29.1. The van der Waals surface area contributed by atoms with Gasteiger partial charge in [-0.2, -0.15) is 4.72 Å². The number of nitrogens with zero attached hydrogens (tertiary/aromatic N) is 1. The van der Waals surface area contributed by atoms with Crippen molar-refractivity contribution in [1.29, 1.82) is 0 Å². The fourth-order valence-electron chi connectivity index (χ4n) is 3.68. The van der Waals surface area contributed by atoms with Crippen molar-refractivity contribution in [1.82, 2.24) is 10.0 Å². The number of guanidine groups is 1. The molecule has 3 aromatic rings. The molecule has 0 unspecified atom stereocenters. The van der Waals surface area contributed by atoms with E-state index < -0.39 is 33.9 Å². The van der Waals surface area contributed by atoms with Gasteiger partial charge < -0.3 is 22.5 Å². The second kappa shape index (κ2) is 12.1. The lowest BCUT2D eigenvalue weighted by atomic mass is 10.0. The molecule has 0 aromatic heterocycles. The van der Waals surface area contributed by atoms with Gasteiger partial charge in [-0.05, 0) is 41.3 Å². The lowest BCUT2D eigenvalue weighted by Gasteiger charge is -2.22. The Labute approximate surface area is 210 Å². The topological polar surface area (TPSA) is 183 Å². The van der Waals surface area contributed by atoms with E-state index in [0.717, 1.165) is 16.3 Å². The first-order chi connectivity index (χ1) is 17.2. The number of fused-ring (bicyclic) bond motifs is 1. The van der Waals surface area contributed by atoms with Crippen LogP contribution in [-0.4, -0.2) is 44.8 Å². The van der Waals surface area contributed by atoms with Crippen LogP contribution in [0.2, 0.25) is 0 Å². The van der Waals surface area contributed by atoms with Crippen LogP contribution in [0.1, 0.15) is 18.4 Å². The van der Waals surface area contributed by atoms with Crippen molar-refractivity contribution in [3.8, 4) is 0 Å². The van der Waals surface area contributed by atoms with E-state index in [2.05, 4.69) is 15.0 Å². The number of carbonyl (C=O) groups is 2. The van der Waals surface area contributed by atoms with Gasteiger partial charge in [0.15, 0.2) is 5.96 Å². The highest BCUT2D eigenvalue weighted by atomic mass is 32.2. The molecule has 190 valence electrons. The van der Waals surface area contributed by atoms with E-state index in [1.54, 1.807) is 36.4 Å². The quantitative estimate of drug-likeness (QED) is 0.136. The van der Waals surface area contributed by atoms with E-state index in [1.165, 1.54) is 12.1 Å². The van der Waals surface area contributed by atoms with Crippen molar-refractivity contribution in [2.75, 3.05) is 6.54 Å². The van der Waals surface area contributed by atoms with Crippen molar-refractivity contribution in [2.24, 2.45) is 22.2 Å². The largest absolute Gasteiger partial charge is 0.370 e. The van der Waals surface area contributed by atoms with Crippen LogP contribution in [-0.2, 0) is 26.0 Å². The predicted molar refractivity (Wildman–Crippen MR) is 139 cm³/mol. The number of nitrogens with two attached hydrogens (primary N) is 3. The number of amides is 2. The highest BCUT2D eigenvalue weighted by Gasteiger charge is 2.28. The Hall–Kier alpha value is -3.96. The molecule has 0 spiro atoms. The zero-order chi connectivity index (χ0) is 26.1. The van der Waals surface area contributed by atoms with E-state index in [9.17, 15) is 18.0 Å². The number of rotatable bonds is 12. The summed E-state index contributed by atoms with van der Waals surface area (Å²) >= 11 is 0. The predicted octanol–water partition coefficient (Wildman–Crippen LogP) is 0.753. The Morgan fingerprint density at radius 2 is 1.53 bits per heavy atom. The van der Waals surface area contributed by atoms with Crippen LogP contribution in [0.15, 0.2) is 82.7 Å². The molecule has 8 N–H and O–H groups in total. The minimum atomic E-state index is -4.08. The second-order valence-corrected chi connectivity index (χ2v) is 10.00. The molecule has 2 amide bonds. The smallest absolute Gasteiger partial charge is 0.241 e. The third kappa shape index (κ3) is 7.52. The number of hydrogen-bond donors (Lipinski definition) is 5. The van der Waals surface area contributed by atoms with Gasteiger partial charge in [0.05, 0.1) is 4.90 Å². The van der Waals surface area contributed by atoms with E-state index in [1.807, 2.05) is 24.3 Å². The van der Waals surface area contributed by atoms with Crippen LogP contribution in [0.3, 0.4) is 0 Å². The van der Waals surface area contributed by atoms with Gasteiger partial charge in [0.25, 0.3) is 0 Å². The molecule has 11 heteroatoms. The number of aliphatic imine (C=N–C) groups is 1. The molecular formula is C25H30N6O4S. The highest BCUT2D eigenvalue weighted by Crippen LogP contribution is 2.19. The second-order valence-electron chi connectivity index (χ2n) is 8.28. The molecular weight excluding hydrogens is 480 g/mol. The van der Waals surface area contributed by atoms with Gasteiger partial charge in [0, 0.05) is 13.0 Å². The maximum absolute atomic E-state index is 13.2. The Morgan fingerprint density at radius 1 is 0.861 bits per heavy atom. The van der Waals surface area contributed by atoms with Gasteiger partial charge in [-0.1, -0.05) is 60.7 Å². The maximum Gasteiger partial charge on any atom is 0.241 e. The van der Waals surface area contributed by atoms with Gasteiger partial charge in [-0.3, -0.25) is 14.6 Å². The van der Waals surface area contributed by atoms with E-state index in [-0.39, 0.29) is 30.2 Å². The minimum absolute atomic E-state index is 0.0129. The molecule has 3 aromatic carbocycles. The maximum atomic E-state index is 13.2. The fourth-order valence-corrected chi connectivity index (χ4v) is 4.95. The zero-order valence-electron chi connectivity index (χ0n) is 19.6. The van der Waals surface area contributed by atoms with Gasteiger partial charge in [0.2, 0.25) is 21.8 Å². The van der Waals surface area contributed by atoms with Crippen LogP contribution in [0.5, 0.6) is 0 Å². The standard InChI is InChI=1S/C25H30N6O4S/c26-23(32)22(15-17-7-2-1-3-8-17)30-24(33)21(11-6-14-29-25(27)28)31-36(34,35)20-13-12-18-9-4-5-10-19(18)16-20/h1-5,7-10,12-13,16,21-22,31H,6,11,14-15H2,(H2,26,32)(H,30,33)(H4,27,28,29)/t21-,22+/m0/s1. The van der Waals surface area contributed by atoms with Gasteiger partial charge >= 0.3 is 0 Å². The van der Waals surface area contributed by atoms with Crippen molar-refractivity contribution >= 4 is 38.6 Å². The molecule has 0 radical (unpaired) electrons. The first-order valence-corrected chi connectivity index (χ1v) is 12.8. The number of hydrogen-bond acceptors (Lipinski definition) is 5. The average molecular weight is 511 g/mol. The summed E-state index contributed by atoms with van der Waals surface area (Å²) in [6, 6.07) is 18.9. The number of sulfonamides is 1. The molecule has 0 heterocycles. The Balaban J connectivity index is 1.81. The zero-order valence-corrected chi connectivity index (χ0v) is 20.4. The Morgan fingerprint density at radius 3 is 2.19 bits per heavy atom. The van der Waals surface area contributed by atoms with E-state index in [0.29, 0.717) is 6.42 Å². The normalized spacial score (nSPS) is 13.0. The van der Waals surface area contributed by atoms with E-state index in [4.69, 9.17) is 17.2 Å². The molecule has 0 aliphatic heterocycles. The SMILES string of the molecule is NC(=O)[C@@H](Cc1ccccc1)NC(=O)[C@H](CCCN=C(N)N)NS(=O)(=O)c1ccc2ccccc2c1. The summed E-state index contributed by atoms with van der Waals surface area (Å²) in [5, 5.41) is 4.22. The highest BCUT2D eigenvalue weighted by molar-refractivity contribution is 7.89. The Kier molecular flexibility index (Phi) is 8.98. The monoisotopic (exact) mass is 510 g/mol. The first-order valence-electron chi connectivity index (χ1n) is 11.4. The van der Waals surface area contributed by atoms with Crippen LogP contribution >= 0.6 is 0 Å². The van der Waals surface area contributed by atoms with Crippen LogP contribution in [0.4, 0.5) is 0 Å². The molecule has 0 saturated heterocycles. The molecule has 2 atom stereocenters. The lowest BCUT2D eigenvalue weighted by molar-refractivity contribution is -0.128. The molecule has 0 bridgehead atoms. The van der Waals surface area contributed by atoms with Crippen LogP contribution in [0.25, 0.3) is 10.8 Å². The van der Waals surface area contributed by atoms with Crippen LogP contribution in [0, 0.1) is 0 Å². The molecule has 10 nitrogen and oxygen atoms in total. The van der Waals surface area contributed by atoms with Gasteiger partial charge in [0.1, 0.15) is 12.1 Å². The van der Waals surface area contributed by atoms with Crippen molar-refractivity contribution in [3.05, 3.63) is 78.4 Å². The van der Waals surface area contributed by atoms with Crippen molar-refractivity contribution in [2.45, 2.75) is 36.2 Å². The number of primary amides is 1. The number of nitrogens with one attached hydrogen (secondary N) is 2. The van der Waals surface area contributed by atoms with Crippen molar-refractivity contribution in [3.63, 3.8) is 0 Å². The van der Waals surface area contributed by atoms with Crippen LogP contribution < -0.4 is 27.2 Å². The summed E-state index contributed by atoms with van der Waals surface area (Å²) < 4.78 is 28.9. The molecule has 0 fully saturated rings. The number of carbonyl (C=O) groups excluding carboxylic acids is 2. The average Bonchev–Trinajstić information content (AvgIpc) is 2.85. The third-order valence-corrected chi connectivity index (χ3v) is 7.00. The minimum Gasteiger partial charge on any atom is -0.370 e. The van der Waals surface area contributed by atoms with Crippen molar-refractivity contribution < 1.29 is 18.0 Å². The summed E-state index contributed by atoms with van der Waals surface area (Å²) in [6.07, 6.45) is 0.572. The molecule has 36 heavy (non-hydrogen) atoms. The summed E-state index contributed by atoms with van der Waals surface area (Å²) in [7, 11) is -4.08. The number of benzene rings is 3. The van der Waals surface area contributed by atoms with Gasteiger partial charge in [-0.15, -0.1) is 0 Å². The van der Waals surface area contributed by atoms with E-state index >= 15 is 0 Å². The molecule has 3 rings (SSSR count). The Bertz CT molecular complexity index is 1340. The fraction of sp³-hybridized carbons (Fsp3) is 0.240. The lowest BCUT2D eigenvalue weighted by Crippen LogP contribution is -2.53. The van der Waals surface area contributed by atoms with Gasteiger partial charge in [-0.25, -0.2) is 8.42 Å². The summed E-state index contributed by atoms with van der Waals surface area (Å²) in [6.45, 7) is 0.201.